The fraction of sp³-hybridized carbons (Fsp3) is 0.174. The Hall–Kier alpha value is -3.25. The predicted octanol–water partition coefficient (Wildman–Crippen LogP) is 5.39. The standard InChI is InChI=1S/C23H20ClFN4O/c1-2-3-12-26-23(30)21-13-20(17-6-4-5-7-18(17)25)27-22-14-19(28-29(21)22)15-8-10-16(24)11-9-15/h4-11,13-14H,2-3,12H2,1H3,(H,26,30). The number of halogens is 2. The molecule has 7 heteroatoms. The molecule has 2 aromatic heterocycles. The van der Waals surface area contributed by atoms with Gasteiger partial charge in [0.05, 0.1) is 11.4 Å². The molecule has 0 radical (unpaired) electrons. The average molecular weight is 423 g/mol. The summed E-state index contributed by atoms with van der Waals surface area (Å²) in [6.07, 6.45) is 1.84. The number of rotatable bonds is 6. The smallest absolute Gasteiger partial charge is 0.270 e. The molecule has 0 spiro atoms. The van der Waals surface area contributed by atoms with Crippen LogP contribution >= 0.6 is 11.6 Å². The molecule has 1 N–H and O–H groups in total. The van der Waals surface area contributed by atoms with Crippen molar-refractivity contribution >= 4 is 23.2 Å². The summed E-state index contributed by atoms with van der Waals surface area (Å²) in [6, 6.07) is 17.0. The molecule has 0 aliphatic rings. The van der Waals surface area contributed by atoms with Gasteiger partial charge in [-0.05, 0) is 36.8 Å². The number of carbonyl (C=O) groups is 1. The summed E-state index contributed by atoms with van der Waals surface area (Å²) in [4.78, 5) is 17.4. The first-order valence-electron chi connectivity index (χ1n) is 9.76. The van der Waals surface area contributed by atoms with Gasteiger partial charge in [0.2, 0.25) is 0 Å². The molecule has 2 aromatic carbocycles. The highest BCUT2D eigenvalue weighted by molar-refractivity contribution is 6.30. The Morgan fingerprint density at radius 2 is 1.87 bits per heavy atom. The second-order valence-electron chi connectivity index (χ2n) is 6.92. The van der Waals surface area contributed by atoms with Crippen molar-refractivity contribution in [2.24, 2.45) is 0 Å². The van der Waals surface area contributed by atoms with Gasteiger partial charge in [-0.1, -0.05) is 49.2 Å². The Bertz CT molecular complexity index is 1200. The summed E-state index contributed by atoms with van der Waals surface area (Å²) in [7, 11) is 0. The van der Waals surface area contributed by atoms with E-state index in [1.54, 1.807) is 42.5 Å². The van der Waals surface area contributed by atoms with Gasteiger partial charge in [0.1, 0.15) is 11.5 Å². The summed E-state index contributed by atoms with van der Waals surface area (Å²) in [5.41, 5.74) is 2.96. The summed E-state index contributed by atoms with van der Waals surface area (Å²) >= 11 is 5.98. The van der Waals surface area contributed by atoms with Crippen molar-refractivity contribution in [3.05, 3.63) is 77.2 Å². The summed E-state index contributed by atoms with van der Waals surface area (Å²) in [5, 5.41) is 8.10. The van der Waals surface area contributed by atoms with Gasteiger partial charge in [-0.25, -0.2) is 13.9 Å². The van der Waals surface area contributed by atoms with Crippen molar-refractivity contribution in [2.45, 2.75) is 19.8 Å². The van der Waals surface area contributed by atoms with Crippen molar-refractivity contribution in [1.82, 2.24) is 19.9 Å². The SMILES string of the molecule is CCCCNC(=O)c1cc(-c2ccccc2F)nc2cc(-c3ccc(Cl)cc3)nn12. The van der Waals surface area contributed by atoms with Gasteiger partial charge in [-0.2, -0.15) is 5.10 Å². The highest BCUT2D eigenvalue weighted by atomic mass is 35.5. The van der Waals surface area contributed by atoms with E-state index >= 15 is 0 Å². The van der Waals surface area contributed by atoms with Crippen LogP contribution in [0.5, 0.6) is 0 Å². The molecular weight excluding hydrogens is 403 g/mol. The largest absolute Gasteiger partial charge is 0.351 e. The lowest BCUT2D eigenvalue weighted by atomic mass is 10.1. The van der Waals surface area contributed by atoms with E-state index in [1.807, 2.05) is 12.1 Å². The molecule has 0 bridgehead atoms. The zero-order chi connectivity index (χ0) is 21.1. The minimum Gasteiger partial charge on any atom is -0.351 e. The van der Waals surface area contributed by atoms with Gasteiger partial charge in [0, 0.05) is 28.8 Å². The van der Waals surface area contributed by atoms with Crippen LogP contribution < -0.4 is 5.32 Å². The van der Waals surface area contributed by atoms with E-state index in [4.69, 9.17) is 11.6 Å². The fourth-order valence-electron chi connectivity index (χ4n) is 3.17. The number of nitrogens with zero attached hydrogens (tertiary/aromatic N) is 3. The van der Waals surface area contributed by atoms with Crippen LogP contribution in [0, 0.1) is 5.82 Å². The molecule has 5 nitrogen and oxygen atoms in total. The quantitative estimate of drug-likeness (QED) is 0.424. The minimum absolute atomic E-state index is 0.279. The van der Waals surface area contributed by atoms with Crippen LogP contribution in [0.25, 0.3) is 28.2 Å². The molecule has 0 aliphatic heterocycles. The summed E-state index contributed by atoms with van der Waals surface area (Å²) in [5.74, 6) is -0.677. The van der Waals surface area contributed by atoms with Gasteiger partial charge in [-0.3, -0.25) is 4.79 Å². The van der Waals surface area contributed by atoms with Crippen LogP contribution in [0.15, 0.2) is 60.7 Å². The second kappa shape index (κ2) is 8.63. The van der Waals surface area contributed by atoms with Crippen molar-refractivity contribution in [3.8, 4) is 22.5 Å². The molecule has 152 valence electrons. The van der Waals surface area contributed by atoms with Crippen LogP contribution in [-0.4, -0.2) is 27.0 Å². The van der Waals surface area contributed by atoms with E-state index in [2.05, 4.69) is 22.3 Å². The first kappa shape index (κ1) is 20.0. The minimum atomic E-state index is -0.399. The number of aromatic nitrogens is 3. The fourth-order valence-corrected chi connectivity index (χ4v) is 3.30. The molecule has 0 unspecified atom stereocenters. The number of unbranched alkanes of at least 4 members (excludes halogenated alkanes) is 1. The number of hydrogen-bond donors (Lipinski definition) is 1. The number of fused-ring (bicyclic) bond motifs is 1. The lowest BCUT2D eigenvalue weighted by Crippen LogP contribution is -2.27. The molecule has 2 heterocycles. The van der Waals surface area contributed by atoms with Crippen molar-refractivity contribution in [2.75, 3.05) is 6.54 Å². The van der Waals surface area contributed by atoms with E-state index in [9.17, 15) is 9.18 Å². The number of benzene rings is 2. The Labute approximate surface area is 178 Å². The van der Waals surface area contributed by atoms with Crippen LogP contribution in [0.3, 0.4) is 0 Å². The maximum atomic E-state index is 14.4. The van der Waals surface area contributed by atoms with E-state index in [1.165, 1.54) is 10.6 Å². The topological polar surface area (TPSA) is 59.3 Å². The van der Waals surface area contributed by atoms with Gasteiger partial charge in [0.25, 0.3) is 5.91 Å². The molecule has 0 saturated heterocycles. The maximum Gasteiger partial charge on any atom is 0.270 e. The van der Waals surface area contributed by atoms with E-state index in [0.29, 0.717) is 39.9 Å². The normalized spacial score (nSPS) is 11.0. The highest BCUT2D eigenvalue weighted by Crippen LogP contribution is 2.26. The second-order valence-corrected chi connectivity index (χ2v) is 7.36. The third-order valence-electron chi connectivity index (χ3n) is 4.77. The third kappa shape index (κ3) is 4.04. The van der Waals surface area contributed by atoms with Crippen molar-refractivity contribution in [3.63, 3.8) is 0 Å². The Morgan fingerprint density at radius 3 is 2.60 bits per heavy atom. The number of carbonyl (C=O) groups excluding carboxylic acids is 1. The Balaban J connectivity index is 1.85. The molecule has 0 saturated carbocycles. The highest BCUT2D eigenvalue weighted by Gasteiger charge is 2.18. The van der Waals surface area contributed by atoms with Crippen LogP contribution in [-0.2, 0) is 0 Å². The van der Waals surface area contributed by atoms with Crippen LogP contribution in [0.4, 0.5) is 4.39 Å². The molecule has 4 aromatic rings. The zero-order valence-electron chi connectivity index (χ0n) is 16.4. The van der Waals surface area contributed by atoms with Gasteiger partial charge >= 0.3 is 0 Å². The van der Waals surface area contributed by atoms with E-state index in [-0.39, 0.29) is 5.91 Å². The monoisotopic (exact) mass is 422 g/mol. The van der Waals surface area contributed by atoms with Crippen LogP contribution in [0.1, 0.15) is 30.3 Å². The zero-order valence-corrected chi connectivity index (χ0v) is 17.2. The number of nitrogens with one attached hydrogen (secondary N) is 1. The Morgan fingerprint density at radius 1 is 1.10 bits per heavy atom. The van der Waals surface area contributed by atoms with Crippen molar-refractivity contribution in [1.29, 1.82) is 0 Å². The Kier molecular flexibility index (Phi) is 5.77. The number of amides is 1. The number of hydrogen-bond acceptors (Lipinski definition) is 3. The molecule has 30 heavy (non-hydrogen) atoms. The lowest BCUT2D eigenvalue weighted by Gasteiger charge is -2.09. The maximum absolute atomic E-state index is 14.4. The first-order chi connectivity index (χ1) is 14.6. The first-order valence-corrected chi connectivity index (χ1v) is 10.1. The van der Waals surface area contributed by atoms with E-state index in [0.717, 1.165) is 18.4 Å². The van der Waals surface area contributed by atoms with Crippen molar-refractivity contribution < 1.29 is 9.18 Å². The predicted molar refractivity (Wildman–Crippen MR) is 116 cm³/mol. The van der Waals surface area contributed by atoms with Crippen LogP contribution in [0.2, 0.25) is 5.02 Å². The van der Waals surface area contributed by atoms with Gasteiger partial charge in [-0.15, -0.1) is 0 Å². The molecule has 4 rings (SSSR count). The van der Waals surface area contributed by atoms with E-state index < -0.39 is 5.82 Å². The molecular formula is C23H20ClFN4O. The molecule has 0 fully saturated rings. The molecule has 0 aliphatic carbocycles. The third-order valence-corrected chi connectivity index (χ3v) is 5.02. The molecule has 0 atom stereocenters. The van der Waals surface area contributed by atoms with Gasteiger partial charge < -0.3 is 5.32 Å². The summed E-state index contributed by atoms with van der Waals surface area (Å²) in [6.45, 7) is 2.61. The average Bonchev–Trinajstić information content (AvgIpc) is 3.18. The van der Waals surface area contributed by atoms with Gasteiger partial charge in [0.15, 0.2) is 5.65 Å². The lowest BCUT2D eigenvalue weighted by molar-refractivity contribution is 0.0945. The summed E-state index contributed by atoms with van der Waals surface area (Å²) < 4.78 is 15.9. The molecule has 1 amide bonds.